The smallest absolute Gasteiger partial charge is 0.240 e. The van der Waals surface area contributed by atoms with Gasteiger partial charge in [0.25, 0.3) is 0 Å². The van der Waals surface area contributed by atoms with Crippen LogP contribution in [-0.2, 0) is 23.0 Å². The number of sulfonamides is 1. The maximum atomic E-state index is 12.4. The van der Waals surface area contributed by atoms with E-state index >= 15 is 0 Å². The molecule has 0 saturated carbocycles. The average molecular weight is 409 g/mol. The Hall–Kier alpha value is -1.21. The Morgan fingerprint density at radius 2 is 1.79 bits per heavy atom. The van der Waals surface area contributed by atoms with E-state index < -0.39 is 10.0 Å². The summed E-state index contributed by atoms with van der Waals surface area (Å²) in [4.78, 5) is 2.62. The molecule has 0 radical (unpaired) electrons. The second-order valence-electron chi connectivity index (χ2n) is 6.14. The fraction of sp³-hybridized carbons (Fsp3) is 0.333. The number of rotatable bonds is 5. The molecule has 1 heterocycles. The van der Waals surface area contributed by atoms with Crippen LogP contribution in [0, 0.1) is 0 Å². The van der Waals surface area contributed by atoms with Crippen molar-refractivity contribution in [3.8, 4) is 0 Å². The number of hydrogen-bond acceptors (Lipinski definition) is 3. The molecule has 0 aromatic heterocycles. The molecule has 24 heavy (non-hydrogen) atoms. The quantitative estimate of drug-likeness (QED) is 0.826. The normalized spacial score (nSPS) is 16.6. The molecule has 0 amide bonds. The van der Waals surface area contributed by atoms with E-state index in [9.17, 15) is 8.42 Å². The van der Waals surface area contributed by atoms with Crippen molar-refractivity contribution in [3.63, 3.8) is 0 Å². The van der Waals surface area contributed by atoms with Gasteiger partial charge < -0.3 is 0 Å². The lowest BCUT2D eigenvalue weighted by atomic mass is 9.99. The maximum absolute atomic E-state index is 12.4. The van der Waals surface area contributed by atoms with Crippen molar-refractivity contribution >= 4 is 26.0 Å². The molecule has 1 aliphatic heterocycles. The lowest BCUT2D eigenvalue weighted by molar-refractivity contribution is 0.192. The van der Waals surface area contributed by atoms with Crippen molar-refractivity contribution in [2.45, 2.75) is 30.8 Å². The summed E-state index contributed by atoms with van der Waals surface area (Å²) in [5, 5.41) is 0. The highest BCUT2D eigenvalue weighted by molar-refractivity contribution is 9.10. The molecule has 2 aromatic carbocycles. The van der Waals surface area contributed by atoms with Gasteiger partial charge in [-0.05, 0) is 48.7 Å². The van der Waals surface area contributed by atoms with E-state index in [1.54, 1.807) is 24.3 Å². The van der Waals surface area contributed by atoms with E-state index in [1.165, 1.54) is 11.1 Å². The number of fused-ring (bicyclic) bond motifs is 1. The number of hydrogen-bond donors (Lipinski definition) is 1. The highest BCUT2D eigenvalue weighted by atomic mass is 79.9. The van der Waals surface area contributed by atoms with Crippen molar-refractivity contribution in [3.05, 3.63) is 64.1 Å². The Morgan fingerprint density at radius 3 is 2.50 bits per heavy atom. The third-order valence-electron chi connectivity index (χ3n) is 4.48. The second kappa shape index (κ2) is 7.35. The monoisotopic (exact) mass is 408 g/mol. The average Bonchev–Trinajstić information content (AvgIpc) is 2.59. The fourth-order valence-electron chi connectivity index (χ4n) is 2.95. The molecule has 0 saturated heterocycles. The summed E-state index contributed by atoms with van der Waals surface area (Å²) in [5.41, 5.74) is 2.74. The molecule has 128 valence electrons. The molecule has 1 aliphatic rings. The van der Waals surface area contributed by atoms with Crippen LogP contribution in [0.3, 0.4) is 0 Å². The molecule has 2 aromatic rings. The molecule has 1 unspecified atom stereocenters. The summed E-state index contributed by atoms with van der Waals surface area (Å²) in [5.74, 6) is 0. The number of benzene rings is 2. The van der Waals surface area contributed by atoms with Crippen LogP contribution in [0.4, 0.5) is 0 Å². The van der Waals surface area contributed by atoms with Gasteiger partial charge in [0.15, 0.2) is 0 Å². The molecule has 0 aliphatic carbocycles. The van der Waals surface area contributed by atoms with Crippen molar-refractivity contribution in [1.82, 2.24) is 9.62 Å². The van der Waals surface area contributed by atoms with Gasteiger partial charge in [-0.25, -0.2) is 13.1 Å². The van der Waals surface area contributed by atoms with Gasteiger partial charge in [-0.15, -0.1) is 0 Å². The van der Waals surface area contributed by atoms with Gasteiger partial charge >= 0.3 is 0 Å². The van der Waals surface area contributed by atoms with Crippen LogP contribution in [0.25, 0.3) is 0 Å². The Labute approximate surface area is 152 Å². The second-order valence-corrected chi connectivity index (χ2v) is 8.83. The zero-order chi connectivity index (χ0) is 17.2. The van der Waals surface area contributed by atoms with Crippen LogP contribution < -0.4 is 4.72 Å². The van der Waals surface area contributed by atoms with Crippen molar-refractivity contribution in [2.75, 3.05) is 13.1 Å². The maximum Gasteiger partial charge on any atom is 0.240 e. The number of nitrogens with zero attached hydrogens (tertiary/aromatic N) is 1. The van der Waals surface area contributed by atoms with Crippen LogP contribution in [0.15, 0.2) is 57.9 Å². The van der Waals surface area contributed by atoms with E-state index in [-0.39, 0.29) is 6.04 Å². The van der Waals surface area contributed by atoms with Crippen LogP contribution in [0.2, 0.25) is 0 Å². The molecule has 3 rings (SSSR count). The SMILES string of the molecule is CC(CNS(=O)(=O)c1ccc(Br)cc1)N1CCc2ccccc2C1. The predicted octanol–water partition coefficient (Wildman–Crippen LogP) is 3.17. The number of nitrogens with one attached hydrogen (secondary N) is 1. The van der Waals surface area contributed by atoms with E-state index in [0.29, 0.717) is 11.4 Å². The first kappa shape index (κ1) is 17.6. The van der Waals surface area contributed by atoms with Gasteiger partial charge in [-0.1, -0.05) is 40.2 Å². The molecule has 1 N–H and O–H groups in total. The van der Waals surface area contributed by atoms with Crippen molar-refractivity contribution in [2.24, 2.45) is 0 Å². The first-order valence-electron chi connectivity index (χ1n) is 8.02. The predicted molar refractivity (Wildman–Crippen MR) is 99.3 cm³/mol. The summed E-state index contributed by atoms with van der Waals surface area (Å²) in [7, 11) is -3.47. The highest BCUT2D eigenvalue weighted by Crippen LogP contribution is 2.20. The molecule has 1 atom stereocenters. The molecule has 0 bridgehead atoms. The zero-order valence-corrected chi connectivity index (χ0v) is 16.0. The third kappa shape index (κ3) is 4.06. The van der Waals surface area contributed by atoms with Gasteiger partial charge in [0, 0.05) is 30.1 Å². The fourth-order valence-corrected chi connectivity index (χ4v) is 4.34. The van der Waals surface area contributed by atoms with E-state index in [4.69, 9.17) is 0 Å². The first-order valence-corrected chi connectivity index (χ1v) is 10.3. The summed E-state index contributed by atoms with van der Waals surface area (Å²) in [6.07, 6.45) is 1.01. The standard InChI is InChI=1S/C18H21BrN2O2S/c1-14(21-11-10-15-4-2-3-5-16(15)13-21)12-20-24(22,23)18-8-6-17(19)7-9-18/h2-9,14,20H,10-13H2,1H3. The van der Waals surface area contributed by atoms with Crippen LogP contribution in [0.1, 0.15) is 18.1 Å². The lowest BCUT2D eigenvalue weighted by Gasteiger charge is -2.33. The van der Waals surface area contributed by atoms with Crippen molar-refractivity contribution < 1.29 is 8.42 Å². The Bertz CT molecular complexity index is 806. The minimum absolute atomic E-state index is 0.142. The molecular weight excluding hydrogens is 388 g/mol. The molecule has 0 spiro atoms. The Balaban J connectivity index is 1.61. The molecule has 6 heteroatoms. The summed E-state index contributed by atoms with van der Waals surface area (Å²) < 4.78 is 28.4. The summed E-state index contributed by atoms with van der Waals surface area (Å²) in [6, 6.07) is 15.3. The first-order chi connectivity index (χ1) is 11.5. The summed E-state index contributed by atoms with van der Waals surface area (Å²) in [6.45, 7) is 4.30. The van der Waals surface area contributed by atoms with Crippen LogP contribution >= 0.6 is 15.9 Å². The Morgan fingerprint density at radius 1 is 1.12 bits per heavy atom. The lowest BCUT2D eigenvalue weighted by Crippen LogP contribution is -2.44. The minimum atomic E-state index is -3.47. The highest BCUT2D eigenvalue weighted by Gasteiger charge is 2.22. The Kier molecular flexibility index (Phi) is 5.39. The minimum Gasteiger partial charge on any atom is -0.295 e. The van der Waals surface area contributed by atoms with E-state index in [0.717, 1.165) is 24.0 Å². The molecule has 0 fully saturated rings. The van der Waals surface area contributed by atoms with Gasteiger partial charge in [0.2, 0.25) is 10.0 Å². The van der Waals surface area contributed by atoms with Gasteiger partial charge in [0.1, 0.15) is 0 Å². The van der Waals surface area contributed by atoms with E-state index in [2.05, 4.69) is 56.7 Å². The van der Waals surface area contributed by atoms with E-state index in [1.807, 2.05) is 0 Å². The third-order valence-corrected chi connectivity index (χ3v) is 6.44. The largest absolute Gasteiger partial charge is 0.295 e. The topological polar surface area (TPSA) is 49.4 Å². The summed E-state index contributed by atoms with van der Waals surface area (Å²) >= 11 is 3.32. The van der Waals surface area contributed by atoms with Crippen LogP contribution in [-0.4, -0.2) is 32.4 Å². The van der Waals surface area contributed by atoms with Crippen molar-refractivity contribution in [1.29, 1.82) is 0 Å². The molecular formula is C18H21BrN2O2S. The number of halogens is 1. The van der Waals surface area contributed by atoms with Gasteiger partial charge in [0.05, 0.1) is 4.90 Å². The molecule has 4 nitrogen and oxygen atoms in total. The zero-order valence-electron chi connectivity index (χ0n) is 13.6. The van der Waals surface area contributed by atoms with Crippen LogP contribution in [0.5, 0.6) is 0 Å². The van der Waals surface area contributed by atoms with Gasteiger partial charge in [-0.2, -0.15) is 0 Å². The van der Waals surface area contributed by atoms with Gasteiger partial charge in [-0.3, -0.25) is 4.90 Å².